The van der Waals surface area contributed by atoms with Gasteiger partial charge in [0.15, 0.2) is 0 Å². The van der Waals surface area contributed by atoms with Gasteiger partial charge in [0.25, 0.3) is 0 Å². The fourth-order valence-electron chi connectivity index (χ4n) is 3.03. The van der Waals surface area contributed by atoms with Gasteiger partial charge in [-0.3, -0.25) is 4.90 Å². The third kappa shape index (κ3) is 1.70. The third-order valence-electron chi connectivity index (χ3n) is 3.80. The predicted octanol–water partition coefficient (Wildman–Crippen LogP) is 1.50. The molecule has 16 heavy (non-hydrogen) atoms. The van der Waals surface area contributed by atoms with E-state index in [9.17, 15) is 5.11 Å². The van der Waals surface area contributed by atoms with Gasteiger partial charge in [0.05, 0.1) is 0 Å². The van der Waals surface area contributed by atoms with E-state index in [1.165, 1.54) is 24.9 Å². The molecule has 0 saturated carbocycles. The average molecular weight is 218 g/mol. The first-order chi connectivity index (χ1) is 7.84. The molecule has 2 heterocycles. The van der Waals surface area contributed by atoms with Crippen LogP contribution in [0, 0.1) is 0 Å². The van der Waals surface area contributed by atoms with E-state index in [2.05, 4.69) is 16.3 Å². The number of rotatable bonds is 1. The van der Waals surface area contributed by atoms with E-state index >= 15 is 0 Å². The predicted molar refractivity (Wildman–Crippen MR) is 63.4 cm³/mol. The number of phenolic OH excluding ortho intramolecular Hbond substituents is 1. The van der Waals surface area contributed by atoms with Crippen molar-refractivity contribution < 1.29 is 5.11 Å². The second-order valence-electron chi connectivity index (χ2n) is 4.80. The van der Waals surface area contributed by atoms with Crippen molar-refractivity contribution in [1.29, 1.82) is 0 Å². The first-order valence-corrected chi connectivity index (χ1v) is 6.10. The van der Waals surface area contributed by atoms with E-state index in [0.29, 0.717) is 17.8 Å². The molecule has 0 radical (unpaired) electrons. The number of hydrogen-bond acceptors (Lipinski definition) is 3. The van der Waals surface area contributed by atoms with Gasteiger partial charge >= 0.3 is 0 Å². The highest BCUT2D eigenvalue weighted by molar-refractivity contribution is 5.30. The van der Waals surface area contributed by atoms with E-state index in [4.69, 9.17) is 0 Å². The zero-order chi connectivity index (χ0) is 11.0. The molecule has 2 N–H and O–H groups in total. The van der Waals surface area contributed by atoms with Crippen LogP contribution in [0.15, 0.2) is 24.3 Å². The number of nitrogens with zero attached hydrogens (tertiary/aromatic N) is 1. The molecule has 1 unspecified atom stereocenters. The van der Waals surface area contributed by atoms with Crippen LogP contribution in [0.1, 0.15) is 24.4 Å². The molecular formula is C13H18N2O. The van der Waals surface area contributed by atoms with Crippen LogP contribution in [0.3, 0.4) is 0 Å². The van der Waals surface area contributed by atoms with Crippen molar-refractivity contribution in [3.63, 3.8) is 0 Å². The average Bonchev–Trinajstić information content (AvgIpc) is 2.76. The van der Waals surface area contributed by atoms with E-state index in [0.717, 1.165) is 13.1 Å². The second-order valence-corrected chi connectivity index (χ2v) is 4.80. The highest BCUT2D eigenvalue weighted by Crippen LogP contribution is 2.32. The summed E-state index contributed by atoms with van der Waals surface area (Å²) in [6, 6.07) is 8.82. The van der Waals surface area contributed by atoms with Gasteiger partial charge in [-0.1, -0.05) is 12.1 Å². The summed E-state index contributed by atoms with van der Waals surface area (Å²) in [6.45, 7) is 3.32. The number of phenols is 1. The van der Waals surface area contributed by atoms with Crippen LogP contribution in [-0.4, -0.2) is 35.7 Å². The number of nitrogens with one attached hydrogen (secondary N) is 1. The monoisotopic (exact) mass is 218 g/mol. The molecule has 0 amide bonds. The lowest BCUT2D eigenvalue weighted by Crippen LogP contribution is -2.49. The molecule has 2 atom stereocenters. The lowest BCUT2D eigenvalue weighted by atomic mass is 10.0. The maximum absolute atomic E-state index is 9.55. The van der Waals surface area contributed by atoms with Crippen molar-refractivity contribution in [1.82, 2.24) is 10.2 Å². The fourth-order valence-corrected chi connectivity index (χ4v) is 3.03. The summed E-state index contributed by atoms with van der Waals surface area (Å²) in [7, 11) is 0. The van der Waals surface area contributed by atoms with Gasteiger partial charge < -0.3 is 10.4 Å². The quantitative estimate of drug-likeness (QED) is 0.750. The van der Waals surface area contributed by atoms with Crippen molar-refractivity contribution in [2.75, 3.05) is 19.6 Å². The van der Waals surface area contributed by atoms with Crippen LogP contribution in [0.4, 0.5) is 0 Å². The molecule has 0 aliphatic carbocycles. The minimum absolute atomic E-state index is 0.374. The van der Waals surface area contributed by atoms with Gasteiger partial charge in [-0.2, -0.15) is 0 Å². The zero-order valence-corrected chi connectivity index (χ0v) is 9.39. The molecule has 3 nitrogen and oxygen atoms in total. The van der Waals surface area contributed by atoms with E-state index < -0.39 is 0 Å². The smallest absolute Gasteiger partial charge is 0.115 e. The molecule has 0 bridgehead atoms. The van der Waals surface area contributed by atoms with Crippen LogP contribution in [0.5, 0.6) is 5.75 Å². The topological polar surface area (TPSA) is 35.5 Å². The Hall–Kier alpha value is -1.06. The van der Waals surface area contributed by atoms with Crippen LogP contribution < -0.4 is 5.32 Å². The zero-order valence-electron chi connectivity index (χ0n) is 9.39. The van der Waals surface area contributed by atoms with Gasteiger partial charge in [-0.05, 0) is 37.1 Å². The first kappa shape index (κ1) is 10.1. The molecule has 2 aliphatic heterocycles. The SMILES string of the molecule is Oc1cccc(C2CNC[C@@H]3CCCN23)c1. The largest absolute Gasteiger partial charge is 0.508 e. The molecule has 2 aliphatic rings. The summed E-state index contributed by atoms with van der Waals surface area (Å²) >= 11 is 0. The molecule has 0 aromatic heterocycles. The highest BCUT2D eigenvalue weighted by atomic mass is 16.3. The van der Waals surface area contributed by atoms with Crippen molar-refractivity contribution in [2.24, 2.45) is 0 Å². The number of aromatic hydroxyl groups is 1. The molecule has 0 spiro atoms. The normalized spacial score (nSPS) is 30.2. The maximum Gasteiger partial charge on any atom is 0.115 e. The van der Waals surface area contributed by atoms with Crippen LogP contribution >= 0.6 is 0 Å². The van der Waals surface area contributed by atoms with E-state index in [-0.39, 0.29) is 0 Å². The molecule has 86 valence electrons. The molecular weight excluding hydrogens is 200 g/mol. The summed E-state index contributed by atoms with van der Waals surface area (Å²) in [5.74, 6) is 0.374. The first-order valence-electron chi connectivity index (χ1n) is 6.10. The Kier molecular flexibility index (Phi) is 2.58. The Morgan fingerprint density at radius 2 is 2.25 bits per heavy atom. The standard InChI is InChI=1S/C13H18N2O/c16-12-5-1-3-10(7-12)13-9-14-8-11-4-2-6-15(11)13/h1,3,5,7,11,13-14,16H,2,4,6,8-9H2/t11-,13?/m0/s1. The van der Waals surface area contributed by atoms with Crippen LogP contribution in [-0.2, 0) is 0 Å². The van der Waals surface area contributed by atoms with Crippen LogP contribution in [0.2, 0.25) is 0 Å². The number of benzene rings is 1. The third-order valence-corrected chi connectivity index (χ3v) is 3.80. The van der Waals surface area contributed by atoms with Gasteiger partial charge in [-0.25, -0.2) is 0 Å². The summed E-state index contributed by atoms with van der Waals surface area (Å²) in [4.78, 5) is 2.59. The van der Waals surface area contributed by atoms with E-state index in [1.807, 2.05) is 12.1 Å². The van der Waals surface area contributed by atoms with Crippen molar-refractivity contribution >= 4 is 0 Å². The summed E-state index contributed by atoms with van der Waals surface area (Å²) < 4.78 is 0. The summed E-state index contributed by atoms with van der Waals surface area (Å²) in [6.07, 6.45) is 2.62. The van der Waals surface area contributed by atoms with Gasteiger partial charge in [0.2, 0.25) is 0 Å². The molecule has 1 aromatic carbocycles. The number of piperazine rings is 1. The molecule has 2 fully saturated rings. The number of hydrogen-bond donors (Lipinski definition) is 2. The highest BCUT2D eigenvalue weighted by Gasteiger charge is 2.34. The minimum Gasteiger partial charge on any atom is -0.508 e. The minimum atomic E-state index is 0.374. The summed E-state index contributed by atoms with van der Waals surface area (Å²) in [5.41, 5.74) is 1.24. The van der Waals surface area contributed by atoms with Gasteiger partial charge in [0, 0.05) is 25.2 Å². The Morgan fingerprint density at radius 1 is 1.31 bits per heavy atom. The Bertz CT molecular complexity index is 380. The van der Waals surface area contributed by atoms with Crippen molar-refractivity contribution in [3.05, 3.63) is 29.8 Å². The Labute approximate surface area is 96.1 Å². The summed E-state index contributed by atoms with van der Waals surface area (Å²) in [5, 5.41) is 13.0. The molecule has 2 saturated heterocycles. The molecule has 3 rings (SSSR count). The van der Waals surface area contributed by atoms with Crippen molar-refractivity contribution in [2.45, 2.75) is 24.9 Å². The molecule has 1 aromatic rings. The molecule has 3 heteroatoms. The van der Waals surface area contributed by atoms with Crippen molar-refractivity contribution in [3.8, 4) is 5.75 Å². The van der Waals surface area contributed by atoms with Crippen LogP contribution in [0.25, 0.3) is 0 Å². The lowest BCUT2D eigenvalue weighted by molar-refractivity contribution is 0.138. The second kappa shape index (κ2) is 4.07. The fraction of sp³-hybridized carbons (Fsp3) is 0.538. The van der Waals surface area contributed by atoms with E-state index in [1.54, 1.807) is 6.07 Å². The maximum atomic E-state index is 9.55. The van der Waals surface area contributed by atoms with Gasteiger partial charge in [0.1, 0.15) is 5.75 Å². The Balaban J connectivity index is 1.88. The lowest BCUT2D eigenvalue weighted by Gasteiger charge is -2.38. The Morgan fingerprint density at radius 3 is 3.12 bits per heavy atom. The number of fused-ring (bicyclic) bond motifs is 1. The van der Waals surface area contributed by atoms with Gasteiger partial charge in [-0.15, -0.1) is 0 Å².